The van der Waals surface area contributed by atoms with Gasteiger partial charge in [-0.05, 0) is 35.2 Å². The Labute approximate surface area is 114 Å². The molecule has 0 amide bonds. The lowest BCUT2D eigenvalue weighted by atomic mass is 10.1. The summed E-state index contributed by atoms with van der Waals surface area (Å²) in [4.78, 5) is 0. The zero-order valence-electron chi connectivity index (χ0n) is 11.1. The van der Waals surface area contributed by atoms with Crippen molar-refractivity contribution in [2.45, 2.75) is 57.5 Å². The SMILES string of the molecule is CC(C)(C)[Si](C)(C)OC[C@H]1O[C@@]1(C)/C=C/I. The van der Waals surface area contributed by atoms with Gasteiger partial charge in [-0.25, -0.2) is 0 Å². The van der Waals surface area contributed by atoms with Crippen LogP contribution in [-0.2, 0) is 9.16 Å². The van der Waals surface area contributed by atoms with Gasteiger partial charge < -0.3 is 9.16 Å². The summed E-state index contributed by atoms with van der Waals surface area (Å²) >= 11 is 2.23. The van der Waals surface area contributed by atoms with Gasteiger partial charge in [0.25, 0.3) is 0 Å². The van der Waals surface area contributed by atoms with Crippen LogP contribution in [-0.4, -0.2) is 26.6 Å². The van der Waals surface area contributed by atoms with E-state index in [0.29, 0.717) is 0 Å². The molecule has 0 saturated carbocycles. The van der Waals surface area contributed by atoms with E-state index in [0.717, 1.165) is 6.61 Å². The van der Waals surface area contributed by atoms with Gasteiger partial charge in [0, 0.05) is 0 Å². The molecular formula is C12H23IO2Si. The van der Waals surface area contributed by atoms with Gasteiger partial charge in [0.15, 0.2) is 8.32 Å². The molecule has 0 N–H and O–H groups in total. The van der Waals surface area contributed by atoms with Crippen LogP contribution in [0.25, 0.3) is 0 Å². The highest BCUT2D eigenvalue weighted by molar-refractivity contribution is 14.1. The molecule has 0 spiro atoms. The van der Waals surface area contributed by atoms with E-state index in [1.54, 1.807) is 0 Å². The summed E-state index contributed by atoms with van der Waals surface area (Å²) in [5, 5.41) is 0.275. The third-order valence-corrected chi connectivity index (χ3v) is 8.63. The molecule has 1 rings (SSSR count). The molecule has 1 fully saturated rings. The van der Waals surface area contributed by atoms with Crippen LogP contribution < -0.4 is 0 Å². The number of ether oxygens (including phenoxy) is 1. The van der Waals surface area contributed by atoms with E-state index in [-0.39, 0.29) is 16.7 Å². The second-order valence-corrected chi connectivity index (χ2v) is 11.7. The summed E-state index contributed by atoms with van der Waals surface area (Å²) in [6.45, 7) is 14.2. The number of halogens is 1. The van der Waals surface area contributed by atoms with Crippen molar-refractivity contribution in [3.05, 3.63) is 10.2 Å². The highest BCUT2D eigenvalue weighted by atomic mass is 127. The molecule has 2 nitrogen and oxygen atoms in total. The van der Waals surface area contributed by atoms with Crippen molar-refractivity contribution < 1.29 is 9.16 Å². The third kappa shape index (κ3) is 3.30. The molecule has 94 valence electrons. The Morgan fingerprint density at radius 1 is 1.44 bits per heavy atom. The summed E-state index contributed by atoms with van der Waals surface area (Å²) in [5.41, 5.74) is -0.0798. The molecule has 0 radical (unpaired) electrons. The first-order valence-electron chi connectivity index (χ1n) is 5.72. The molecule has 1 aliphatic rings. The van der Waals surface area contributed by atoms with Gasteiger partial charge >= 0.3 is 0 Å². The lowest BCUT2D eigenvalue weighted by Crippen LogP contribution is -2.42. The average Bonchev–Trinajstić information content (AvgIpc) is 2.72. The van der Waals surface area contributed by atoms with Crippen molar-refractivity contribution in [3.8, 4) is 0 Å². The second kappa shape index (κ2) is 4.70. The fourth-order valence-electron chi connectivity index (χ4n) is 1.24. The molecule has 0 aromatic rings. The molecule has 4 heteroatoms. The molecule has 16 heavy (non-hydrogen) atoms. The molecule has 1 aliphatic heterocycles. The minimum atomic E-state index is -1.62. The first-order valence-corrected chi connectivity index (χ1v) is 9.87. The van der Waals surface area contributed by atoms with Gasteiger partial charge in [0.05, 0.1) is 6.61 Å². The fraction of sp³-hybridized carbons (Fsp3) is 0.833. The summed E-state index contributed by atoms with van der Waals surface area (Å²) in [6.07, 6.45) is 2.35. The van der Waals surface area contributed by atoms with Gasteiger partial charge in [-0.15, -0.1) is 0 Å². The predicted octanol–water partition coefficient (Wildman–Crippen LogP) is 4.11. The van der Waals surface area contributed by atoms with Crippen molar-refractivity contribution in [1.82, 2.24) is 0 Å². The molecular weight excluding hydrogens is 331 g/mol. The predicted molar refractivity (Wildman–Crippen MR) is 79.6 cm³/mol. The van der Waals surface area contributed by atoms with Crippen LogP contribution in [0, 0.1) is 0 Å². The lowest BCUT2D eigenvalue weighted by molar-refractivity contribution is 0.240. The Balaban J connectivity index is 2.44. The average molecular weight is 354 g/mol. The van der Waals surface area contributed by atoms with Crippen molar-refractivity contribution in [3.63, 3.8) is 0 Å². The zero-order chi connectivity index (χ0) is 12.6. The van der Waals surface area contributed by atoms with E-state index in [1.165, 1.54) is 0 Å². The van der Waals surface area contributed by atoms with Crippen molar-refractivity contribution in [1.29, 1.82) is 0 Å². The van der Waals surface area contributed by atoms with Gasteiger partial charge in [-0.2, -0.15) is 0 Å². The molecule has 0 bridgehead atoms. The van der Waals surface area contributed by atoms with Crippen LogP contribution in [0.4, 0.5) is 0 Å². The Kier molecular flexibility index (Phi) is 4.31. The maximum atomic E-state index is 6.14. The summed E-state index contributed by atoms with van der Waals surface area (Å²) in [6, 6.07) is 0. The highest BCUT2D eigenvalue weighted by Gasteiger charge is 2.51. The largest absolute Gasteiger partial charge is 0.414 e. The van der Waals surface area contributed by atoms with Crippen LogP contribution in [0.2, 0.25) is 18.1 Å². The molecule has 1 heterocycles. The Hall–Kier alpha value is 0.607. The van der Waals surface area contributed by atoms with Crippen LogP contribution in [0.15, 0.2) is 10.2 Å². The lowest BCUT2D eigenvalue weighted by Gasteiger charge is -2.36. The first-order chi connectivity index (χ1) is 7.12. The van der Waals surface area contributed by atoms with E-state index in [9.17, 15) is 0 Å². The van der Waals surface area contributed by atoms with Gasteiger partial charge in [0.2, 0.25) is 0 Å². The Morgan fingerprint density at radius 2 is 2.00 bits per heavy atom. The molecule has 0 unspecified atom stereocenters. The summed E-state index contributed by atoms with van der Waals surface area (Å²) < 4.78 is 13.8. The van der Waals surface area contributed by atoms with Crippen molar-refractivity contribution in [2.24, 2.45) is 0 Å². The normalized spacial score (nSPS) is 31.1. The molecule has 1 saturated heterocycles. The third-order valence-electron chi connectivity index (χ3n) is 3.77. The minimum Gasteiger partial charge on any atom is -0.414 e. The maximum absolute atomic E-state index is 6.14. The maximum Gasteiger partial charge on any atom is 0.192 e. The molecule has 2 atom stereocenters. The Bertz CT molecular complexity index is 283. The van der Waals surface area contributed by atoms with Gasteiger partial charge in [0.1, 0.15) is 11.7 Å². The standard InChI is InChI=1S/C12H23IO2Si/c1-11(2,3)16(5,6)14-9-10-12(4,15-10)7-8-13/h7-8,10H,9H2,1-6H3/b8-7+/t10-,12+/m1/s1. The van der Waals surface area contributed by atoms with E-state index >= 15 is 0 Å². The summed E-state index contributed by atoms with van der Waals surface area (Å²) in [5.74, 6) is 0. The van der Waals surface area contributed by atoms with E-state index in [2.05, 4.69) is 69.5 Å². The summed E-state index contributed by atoms with van der Waals surface area (Å²) in [7, 11) is -1.62. The molecule has 0 aliphatic carbocycles. The van der Waals surface area contributed by atoms with E-state index in [4.69, 9.17) is 9.16 Å². The first kappa shape index (κ1) is 14.7. The van der Waals surface area contributed by atoms with Gasteiger partial charge in [-0.3, -0.25) is 0 Å². The van der Waals surface area contributed by atoms with Crippen LogP contribution >= 0.6 is 22.6 Å². The van der Waals surface area contributed by atoms with Crippen molar-refractivity contribution >= 4 is 30.9 Å². The van der Waals surface area contributed by atoms with Crippen molar-refractivity contribution in [2.75, 3.05) is 6.61 Å². The van der Waals surface area contributed by atoms with E-state index < -0.39 is 8.32 Å². The smallest absolute Gasteiger partial charge is 0.192 e. The number of epoxide rings is 1. The molecule has 0 aromatic carbocycles. The van der Waals surface area contributed by atoms with E-state index in [1.807, 2.05) is 4.08 Å². The number of hydrogen-bond donors (Lipinski definition) is 0. The highest BCUT2D eigenvalue weighted by Crippen LogP contribution is 2.41. The van der Waals surface area contributed by atoms with Gasteiger partial charge in [-0.1, -0.05) is 43.4 Å². The monoisotopic (exact) mass is 354 g/mol. The fourth-order valence-corrected chi connectivity index (χ4v) is 2.96. The molecule has 0 aromatic heterocycles. The minimum absolute atomic E-state index is 0.0798. The van der Waals surface area contributed by atoms with Crippen LogP contribution in [0.3, 0.4) is 0 Å². The van der Waals surface area contributed by atoms with Crippen LogP contribution in [0.1, 0.15) is 27.7 Å². The van der Waals surface area contributed by atoms with Crippen LogP contribution in [0.5, 0.6) is 0 Å². The number of hydrogen-bond acceptors (Lipinski definition) is 2. The topological polar surface area (TPSA) is 21.8 Å². The number of rotatable bonds is 4. The Morgan fingerprint density at radius 3 is 2.44 bits per heavy atom. The second-order valence-electron chi connectivity index (χ2n) is 6.15. The quantitative estimate of drug-likeness (QED) is 0.430. The zero-order valence-corrected chi connectivity index (χ0v) is 14.3.